The van der Waals surface area contributed by atoms with Crippen LogP contribution in [-0.2, 0) is 14.8 Å². The number of nitrogens with one attached hydrogen (secondary N) is 1. The molecule has 3 rings (SSSR count). The van der Waals surface area contributed by atoms with Crippen molar-refractivity contribution in [3.8, 4) is 11.5 Å². The third kappa shape index (κ3) is 5.63. The maximum absolute atomic E-state index is 12.3. The number of hydrogen-bond acceptors (Lipinski definition) is 5. The number of amides is 1. The summed E-state index contributed by atoms with van der Waals surface area (Å²) in [5.41, 5.74) is 2.22. The van der Waals surface area contributed by atoms with Gasteiger partial charge in [0.25, 0.3) is 0 Å². The Morgan fingerprint density at radius 3 is 2.55 bits per heavy atom. The van der Waals surface area contributed by atoms with Gasteiger partial charge in [0.2, 0.25) is 15.9 Å². The maximum Gasteiger partial charge on any atom is 0.232 e. The van der Waals surface area contributed by atoms with Crippen molar-refractivity contribution in [1.82, 2.24) is 0 Å². The third-order valence-electron chi connectivity index (χ3n) is 4.42. The minimum absolute atomic E-state index is 0.164. The van der Waals surface area contributed by atoms with E-state index in [9.17, 15) is 13.2 Å². The number of carbonyl (C=O) groups excluding carboxylic acids is 1. The normalized spacial score (nSPS) is 13.1. The van der Waals surface area contributed by atoms with Crippen molar-refractivity contribution < 1.29 is 22.7 Å². The van der Waals surface area contributed by atoms with Crippen LogP contribution in [0.25, 0.3) is 0 Å². The molecule has 0 radical (unpaired) electrons. The van der Waals surface area contributed by atoms with Gasteiger partial charge in [-0.25, -0.2) is 8.42 Å². The number of fused-ring (bicyclic) bond motifs is 1. The zero-order valence-electron chi connectivity index (χ0n) is 16.3. The number of aryl methyl sites for hydroxylation is 1. The van der Waals surface area contributed by atoms with Crippen molar-refractivity contribution in [1.29, 1.82) is 0 Å². The maximum atomic E-state index is 12.3. The van der Waals surface area contributed by atoms with Gasteiger partial charge in [-0.15, -0.1) is 0 Å². The minimum Gasteiger partial charge on any atom is -0.486 e. The highest BCUT2D eigenvalue weighted by molar-refractivity contribution is 9.10. The smallest absolute Gasteiger partial charge is 0.232 e. The fourth-order valence-electron chi connectivity index (χ4n) is 3.00. The fourth-order valence-corrected chi connectivity index (χ4v) is 4.21. The van der Waals surface area contributed by atoms with Crippen LogP contribution in [0.15, 0.2) is 40.9 Å². The fraction of sp³-hybridized carbons (Fsp3) is 0.350. The Hall–Kier alpha value is -2.26. The zero-order valence-corrected chi connectivity index (χ0v) is 18.7. The second-order valence-corrected chi connectivity index (χ2v) is 9.54. The van der Waals surface area contributed by atoms with Crippen LogP contribution >= 0.6 is 15.9 Å². The van der Waals surface area contributed by atoms with Crippen LogP contribution in [0.1, 0.15) is 18.4 Å². The van der Waals surface area contributed by atoms with Gasteiger partial charge >= 0.3 is 0 Å². The van der Waals surface area contributed by atoms with Gasteiger partial charge in [-0.05, 0) is 49.2 Å². The molecule has 2 aromatic carbocycles. The molecule has 0 aliphatic carbocycles. The largest absolute Gasteiger partial charge is 0.486 e. The summed E-state index contributed by atoms with van der Waals surface area (Å²) in [6, 6.07) is 10.6. The Morgan fingerprint density at radius 1 is 1.14 bits per heavy atom. The van der Waals surface area contributed by atoms with E-state index in [-0.39, 0.29) is 18.9 Å². The van der Waals surface area contributed by atoms with E-state index >= 15 is 0 Å². The van der Waals surface area contributed by atoms with Crippen molar-refractivity contribution in [2.45, 2.75) is 19.8 Å². The van der Waals surface area contributed by atoms with Gasteiger partial charge in [-0.2, -0.15) is 0 Å². The van der Waals surface area contributed by atoms with E-state index in [0.29, 0.717) is 42.5 Å². The molecule has 0 saturated heterocycles. The van der Waals surface area contributed by atoms with Gasteiger partial charge in [-0.1, -0.05) is 15.9 Å². The molecule has 0 spiro atoms. The molecule has 2 aromatic rings. The minimum atomic E-state index is -3.51. The summed E-state index contributed by atoms with van der Waals surface area (Å²) in [6.07, 6.45) is 1.73. The van der Waals surface area contributed by atoms with Gasteiger partial charge in [0, 0.05) is 29.2 Å². The standard InChI is InChI=1S/C20H23BrN2O5S/c1-14-12-15(5-7-17(14)21)22-20(24)4-3-9-23(29(2,25)26)16-6-8-18-19(13-16)28-11-10-27-18/h5-8,12-13H,3-4,9-11H2,1-2H3,(H,22,24). The van der Waals surface area contributed by atoms with Crippen LogP contribution in [0.4, 0.5) is 11.4 Å². The van der Waals surface area contributed by atoms with Crippen LogP contribution in [0.5, 0.6) is 11.5 Å². The number of anilines is 2. The van der Waals surface area contributed by atoms with Crippen LogP contribution in [0, 0.1) is 6.92 Å². The van der Waals surface area contributed by atoms with E-state index in [1.54, 1.807) is 18.2 Å². The highest BCUT2D eigenvalue weighted by Gasteiger charge is 2.21. The van der Waals surface area contributed by atoms with Gasteiger partial charge < -0.3 is 14.8 Å². The quantitative estimate of drug-likeness (QED) is 0.649. The van der Waals surface area contributed by atoms with E-state index in [0.717, 1.165) is 16.3 Å². The third-order valence-corrected chi connectivity index (χ3v) is 6.50. The Labute approximate surface area is 179 Å². The Balaban J connectivity index is 1.62. The summed E-state index contributed by atoms with van der Waals surface area (Å²) in [6.45, 7) is 3.02. The summed E-state index contributed by atoms with van der Waals surface area (Å²) < 4.78 is 37.8. The Kier molecular flexibility index (Phi) is 6.69. The number of halogens is 1. The first kappa shape index (κ1) is 21.4. The average molecular weight is 483 g/mol. The monoisotopic (exact) mass is 482 g/mol. The molecule has 0 unspecified atom stereocenters. The summed E-state index contributed by atoms with van der Waals surface area (Å²) in [4.78, 5) is 12.2. The van der Waals surface area contributed by atoms with Crippen molar-refractivity contribution in [2.24, 2.45) is 0 Å². The number of ether oxygens (including phenoxy) is 2. The van der Waals surface area contributed by atoms with Gasteiger partial charge in [-0.3, -0.25) is 9.10 Å². The lowest BCUT2D eigenvalue weighted by Gasteiger charge is -2.25. The molecule has 156 valence electrons. The van der Waals surface area contributed by atoms with Gasteiger partial charge in [0.1, 0.15) is 13.2 Å². The molecule has 29 heavy (non-hydrogen) atoms. The average Bonchev–Trinajstić information content (AvgIpc) is 2.67. The van der Waals surface area contributed by atoms with E-state index in [2.05, 4.69) is 21.2 Å². The Morgan fingerprint density at radius 2 is 1.86 bits per heavy atom. The van der Waals surface area contributed by atoms with Crippen LogP contribution in [0.2, 0.25) is 0 Å². The van der Waals surface area contributed by atoms with Crippen molar-refractivity contribution in [3.05, 3.63) is 46.4 Å². The number of sulfonamides is 1. The molecule has 0 fully saturated rings. The highest BCUT2D eigenvalue weighted by atomic mass is 79.9. The van der Waals surface area contributed by atoms with E-state index < -0.39 is 10.0 Å². The summed E-state index contributed by atoms with van der Waals surface area (Å²) in [7, 11) is -3.51. The highest BCUT2D eigenvalue weighted by Crippen LogP contribution is 2.34. The second-order valence-electron chi connectivity index (χ2n) is 6.78. The van der Waals surface area contributed by atoms with Crippen LogP contribution in [-0.4, -0.2) is 40.3 Å². The first-order chi connectivity index (χ1) is 13.7. The van der Waals surface area contributed by atoms with Crippen molar-refractivity contribution in [3.63, 3.8) is 0 Å². The van der Waals surface area contributed by atoms with E-state index in [1.165, 1.54) is 4.31 Å². The lowest BCUT2D eigenvalue weighted by Crippen LogP contribution is -2.31. The molecule has 1 heterocycles. The topological polar surface area (TPSA) is 84.9 Å². The number of hydrogen-bond donors (Lipinski definition) is 1. The summed E-state index contributed by atoms with van der Waals surface area (Å²) >= 11 is 3.43. The molecule has 1 amide bonds. The van der Waals surface area contributed by atoms with Crippen LogP contribution < -0.4 is 19.1 Å². The first-order valence-corrected chi connectivity index (χ1v) is 11.8. The van der Waals surface area contributed by atoms with Gasteiger partial charge in [0.15, 0.2) is 11.5 Å². The molecule has 9 heteroatoms. The van der Waals surface area contributed by atoms with E-state index in [1.807, 2.05) is 25.1 Å². The lowest BCUT2D eigenvalue weighted by molar-refractivity contribution is -0.116. The lowest BCUT2D eigenvalue weighted by atomic mass is 10.2. The predicted molar refractivity (Wildman–Crippen MR) is 116 cm³/mol. The number of carbonyl (C=O) groups is 1. The molecule has 0 bridgehead atoms. The molecule has 0 atom stereocenters. The molecular formula is C20H23BrN2O5S. The number of nitrogens with zero attached hydrogens (tertiary/aromatic N) is 1. The van der Waals surface area contributed by atoms with Crippen molar-refractivity contribution in [2.75, 3.05) is 35.6 Å². The predicted octanol–water partition coefficient (Wildman–Crippen LogP) is 3.71. The molecule has 0 aromatic heterocycles. The molecule has 7 nitrogen and oxygen atoms in total. The molecular weight excluding hydrogens is 460 g/mol. The molecule has 0 saturated carbocycles. The van der Waals surface area contributed by atoms with E-state index in [4.69, 9.17) is 9.47 Å². The summed E-state index contributed by atoms with van der Waals surface area (Å²) in [5, 5.41) is 2.84. The zero-order chi connectivity index (χ0) is 21.0. The molecule has 1 aliphatic heterocycles. The molecule has 1 aliphatic rings. The van der Waals surface area contributed by atoms with Crippen LogP contribution in [0.3, 0.4) is 0 Å². The number of rotatable bonds is 7. The summed E-state index contributed by atoms with van der Waals surface area (Å²) in [5.74, 6) is 0.950. The second kappa shape index (κ2) is 9.04. The van der Waals surface area contributed by atoms with Gasteiger partial charge in [0.05, 0.1) is 11.9 Å². The first-order valence-electron chi connectivity index (χ1n) is 9.17. The molecule has 1 N–H and O–H groups in total. The SMILES string of the molecule is Cc1cc(NC(=O)CCCN(c2ccc3c(c2)OCCO3)S(C)(=O)=O)ccc1Br. The van der Waals surface area contributed by atoms with Crippen molar-refractivity contribution >= 4 is 43.2 Å². The Bertz CT molecular complexity index is 1010. The number of benzene rings is 2.